The van der Waals surface area contributed by atoms with Crippen LogP contribution in [0.2, 0.25) is 0 Å². The van der Waals surface area contributed by atoms with Gasteiger partial charge in [-0.25, -0.2) is 4.99 Å². The van der Waals surface area contributed by atoms with E-state index in [1.165, 1.54) is 0 Å². The SMILES string of the molecule is CCC(C)[C@H]1CN2C(NC(=O)c3cccnc3)=Nc3ccccc3C2=N1. The van der Waals surface area contributed by atoms with E-state index < -0.39 is 0 Å². The van der Waals surface area contributed by atoms with Crippen LogP contribution in [0.4, 0.5) is 5.69 Å². The normalized spacial score (nSPS) is 19.2. The number of pyridine rings is 1. The number of aliphatic imine (C=N–C) groups is 2. The van der Waals surface area contributed by atoms with Gasteiger partial charge in [-0.1, -0.05) is 32.4 Å². The van der Waals surface area contributed by atoms with Gasteiger partial charge in [0.2, 0.25) is 5.96 Å². The number of amidine groups is 1. The summed E-state index contributed by atoms with van der Waals surface area (Å²) in [6.07, 6.45) is 4.26. The molecule has 1 N–H and O–H groups in total. The van der Waals surface area contributed by atoms with Crippen molar-refractivity contribution in [2.24, 2.45) is 15.9 Å². The summed E-state index contributed by atoms with van der Waals surface area (Å²) in [5, 5.41) is 2.94. The summed E-state index contributed by atoms with van der Waals surface area (Å²) < 4.78 is 0. The Morgan fingerprint density at radius 1 is 1.31 bits per heavy atom. The fourth-order valence-corrected chi connectivity index (χ4v) is 3.22. The highest BCUT2D eigenvalue weighted by molar-refractivity contribution is 6.19. The maximum atomic E-state index is 12.6. The third-order valence-electron chi connectivity index (χ3n) is 4.99. The van der Waals surface area contributed by atoms with Gasteiger partial charge in [0, 0.05) is 18.0 Å². The standard InChI is InChI=1S/C20H21N5O/c1-3-13(2)17-12-25-18(22-17)15-8-4-5-9-16(15)23-20(25)24-19(26)14-7-6-10-21-11-14/h4-11,13,17H,3,12H2,1-2H3,(H,23,24,26)/t13?,17-/m1/s1. The number of benzene rings is 1. The van der Waals surface area contributed by atoms with Gasteiger partial charge in [0.05, 0.1) is 23.8 Å². The predicted octanol–water partition coefficient (Wildman–Crippen LogP) is 2.99. The Bertz CT molecular complexity index is 890. The summed E-state index contributed by atoms with van der Waals surface area (Å²) in [4.78, 5) is 28.3. The zero-order valence-electron chi connectivity index (χ0n) is 14.9. The molecule has 3 heterocycles. The van der Waals surface area contributed by atoms with Gasteiger partial charge in [-0.3, -0.25) is 25.0 Å². The van der Waals surface area contributed by atoms with Crippen LogP contribution >= 0.6 is 0 Å². The summed E-state index contributed by atoms with van der Waals surface area (Å²) >= 11 is 0. The number of hydrogen-bond acceptors (Lipinski definition) is 5. The molecular weight excluding hydrogens is 326 g/mol. The minimum atomic E-state index is -0.220. The van der Waals surface area contributed by atoms with E-state index in [4.69, 9.17) is 4.99 Å². The molecule has 0 aliphatic carbocycles. The number of aromatic nitrogens is 1. The van der Waals surface area contributed by atoms with Crippen LogP contribution in [0.1, 0.15) is 36.2 Å². The number of rotatable bonds is 3. The number of fused-ring (bicyclic) bond motifs is 3. The van der Waals surface area contributed by atoms with E-state index in [1.807, 2.05) is 29.2 Å². The van der Waals surface area contributed by atoms with Gasteiger partial charge in [0.1, 0.15) is 5.84 Å². The molecule has 2 atom stereocenters. The molecule has 0 radical (unpaired) electrons. The van der Waals surface area contributed by atoms with Crippen molar-refractivity contribution >= 4 is 23.4 Å². The molecule has 4 rings (SSSR count). The third-order valence-corrected chi connectivity index (χ3v) is 4.99. The Hall–Kier alpha value is -3.02. The highest BCUT2D eigenvalue weighted by atomic mass is 16.1. The van der Waals surface area contributed by atoms with Gasteiger partial charge in [-0.15, -0.1) is 0 Å². The van der Waals surface area contributed by atoms with Crippen molar-refractivity contribution in [1.29, 1.82) is 0 Å². The molecule has 6 nitrogen and oxygen atoms in total. The van der Waals surface area contributed by atoms with Gasteiger partial charge < -0.3 is 0 Å². The lowest BCUT2D eigenvalue weighted by Crippen LogP contribution is -2.48. The molecule has 1 aromatic carbocycles. The molecule has 0 saturated carbocycles. The predicted molar refractivity (Wildman–Crippen MR) is 102 cm³/mol. The van der Waals surface area contributed by atoms with E-state index in [0.717, 1.165) is 30.1 Å². The van der Waals surface area contributed by atoms with Crippen LogP contribution in [0.5, 0.6) is 0 Å². The zero-order valence-corrected chi connectivity index (χ0v) is 14.9. The van der Waals surface area contributed by atoms with Crippen molar-refractivity contribution in [3.05, 3.63) is 59.9 Å². The van der Waals surface area contributed by atoms with E-state index in [9.17, 15) is 4.79 Å². The largest absolute Gasteiger partial charge is 0.294 e. The fraction of sp³-hybridized carbons (Fsp3) is 0.300. The number of carbonyl (C=O) groups excluding carboxylic acids is 1. The molecule has 132 valence electrons. The second-order valence-corrected chi connectivity index (χ2v) is 6.66. The lowest BCUT2D eigenvalue weighted by Gasteiger charge is -2.28. The van der Waals surface area contributed by atoms with E-state index >= 15 is 0 Å². The van der Waals surface area contributed by atoms with Crippen LogP contribution in [0.25, 0.3) is 0 Å². The Balaban J connectivity index is 1.68. The molecular formula is C20H21N5O. The summed E-state index contributed by atoms with van der Waals surface area (Å²) in [6.45, 7) is 5.12. The molecule has 2 aliphatic rings. The van der Waals surface area contributed by atoms with Crippen LogP contribution in [-0.2, 0) is 0 Å². The van der Waals surface area contributed by atoms with Crippen molar-refractivity contribution in [2.75, 3.05) is 6.54 Å². The number of guanidine groups is 1. The Kier molecular flexibility index (Phi) is 4.24. The van der Waals surface area contributed by atoms with Crippen LogP contribution in [-0.4, -0.2) is 40.2 Å². The third kappa shape index (κ3) is 2.87. The van der Waals surface area contributed by atoms with Crippen molar-refractivity contribution in [2.45, 2.75) is 26.3 Å². The molecule has 0 spiro atoms. The highest BCUT2D eigenvalue weighted by Crippen LogP contribution is 2.31. The minimum Gasteiger partial charge on any atom is -0.294 e. The van der Waals surface area contributed by atoms with Crippen LogP contribution in [0.3, 0.4) is 0 Å². The summed E-state index contributed by atoms with van der Waals surface area (Å²) in [5.41, 5.74) is 2.34. The van der Waals surface area contributed by atoms with E-state index in [-0.39, 0.29) is 11.9 Å². The molecule has 6 heteroatoms. The van der Waals surface area contributed by atoms with Crippen LogP contribution < -0.4 is 5.32 Å². The topological polar surface area (TPSA) is 70.0 Å². The number of para-hydroxylation sites is 1. The lowest BCUT2D eigenvalue weighted by molar-refractivity contribution is 0.0973. The van der Waals surface area contributed by atoms with E-state index in [0.29, 0.717) is 17.4 Å². The van der Waals surface area contributed by atoms with Gasteiger partial charge in [-0.05, 0) is 30.2 Å². The van der Waals surface area contributed by atoms with Crippen molar-refractivity contribution in [1.82, 2.24) is 15.2 Å². The number of carbonyl (C=O) groups is 1. The van der Waals surface area contributed by atoms with Crippen LogP contribution in [0, 0.1) is 5.92 Å². The van der Waals surface area contributed by atoms with Crippen LogP contribution in [0.15, 0.2) is 58.8 Å². The molecule has 2 aromatic rings. The molecule has 0 fully saturated rings. The first-order valence-corrected chi connectivity index (χ1v) is 8.92. The molecule has 0 saturated heterocycles. The van der Waals surface area contributed by atoms with Gasteiger partial charge in [-0.2, -0.15) is 0 Å². The van der Waals surface area contributed by atoms with E-state index in [2.05, 4.69) is 29.1 Å². The molecule has 26 heavy (non-hydrogen) atoms. The first-order chi connectivity index (χ1) is 12.7. The number of amides is 1. The molecule has 2 aliphatic heterocycles. The first-order valence-electron chi connectivity index (χ1n) is 8.92. The Labute approximate surface area is 152 Å². The van der Waals surface area contributed by atoms with Crippen molar-refractivity contribution < 1.29 is 4.79 Å². The Morgan fingerprint density at radius 3 is 2.92 bits per heavy atom. The first kappa shape index (κ1) is 16.4. The maximum absolute atomic E-state index is 12.6. The maximum Gasteiger partial charge on any atom is 0.259 e. The fourth-order valence-electron chi connectivity index (χ4n) is 3.22. The zero-order chi connectivity index (χ0) is 18.1. The highest BCUT2D eigenvalue weighted by Gasteiger charge is 2.36. The number of hydrogen-bond donors (Lipinski definition) is 1. The molecule has 0 bridgehead atoms. The quantitative estimate of drug-likeness (QED) is 0.928. The molecule has 1 aromatic heterocycles. The second kappa shape index (κ2) is 6.71. The number of nitrogens with zero attached hydrogens (tertiary/aromatic N) is 4. The van der Waals surface area contributed by atoms with Gasteiger partial charge in [0.25, 0.3) is 5.91 Å². The average molecular weight is 347 g/mol. The lowest BCUT2D eigenvalue weighted by atomic mass is 10.0. The minimum absolute atomic E-state index is 0.196. The van der Waals surface area contributed by atoms with Gasteiger partial charge >= 0.3 is 0 Å². The Morgan fingerprint density at radius 2 is 2.15 bits per heavy atom. The summed E-state index contributed by atoms with van der Waals surface area (Å²) in [5.74, 6) is 1.67. The van der Waals surface area contributed by atoms with Crippen molar-refractivity contribution in [3.8, 4) is 0 Å². The number of nitrogens with one attached hydrogen (secondary N) is 1. The summed E-state index contributed by atoms with van der Waals surface area (Å²) in [6, 6.07) is 11.6. The second-order valence-electron chi connectivity index (χ2n) is 6.66. The monoisotopic (exact) mass is 347 g/mol. The average Bonchev–Trinajstić information content (AvgIpc) is 3.14. The molecule has 1 unspecified atom stereocenters. The van der Waals surface area contributed by atoms with E-state index in [1.54, 1.807) is 24.5 Å². The smallest absolute Gasteiger partial charge is 0.259 e. The van der Waals surface area contributed by atoms with Crippen molar-refractivity contribution in [3.63, 3.8) is 0 Å². The molecule has 1 amide bonds. The van der Waals surface area contributed by atoms with Gasteiger partial charge in [0.15, 0.2) is 0 Å². The summed E-state index contributed by atoms with van der Waals surface area (Å²) in [7, 11) is 0.